The Balaban J connectivity index is 1.68. The Bertz CT molecular complexity index is 609. The molecule has 0 saturated heterocycles. The molecule has 2 aliphatic rings. The Hall–Kier alpha value is -1.84. The summed E-state index contributed by atoms with van der Waals surface area (Å²) in [7, 11) is 0. The van der Waals surface area contributed by atoms with Crippen LogP contribution in [0.3, 0.4) is 0 Å². The second-order valence-corrected chi connectivity index (χ2v) is 5.46. The van der Waals surface area contributed by atoms with Gasteiger partial charge in [0.05, 0.1) is 25.9 Å². The van der Waals surface area contributed by atoms with Crippen molar-refractivity contribution >= 4 is 0 Å². The summed E-state index contributed by atoms with van der Waals surface area (Å²) in [6.07, 6.45) is 0.980. The number of ether oxygens (including phenoxy) is 2. The number of fused-ring (bicyclic) bond motifs is 2. The molecule has 2 N–H and O–H groups in total. The van der Waals surface area contributed by atoms with E-state index in [9.17, 15) is 0 Å². The van der Waals surface area contributed by atoms with Crippen molar-refractivity contribution in [1.29, 1.82) is 0 Å². The van der Waals surface area contributed by atoms with Crippen LogP contribution in [0.25, 0.3) is 0 Å². The zero-order valence-electron chi connectivity index (χ0n) is 11.3. The largest absolute Gasteiger partial charge is 0.493 e. The van der Waals surface area contributed by atoms with Crippen LogP contribution in [0.1, 0.15) is 33.9 Å². The van der Waals surface area contributed by atoms with Gasteiger partial charge >= 0.3 is 0 Å². The van der Waals surface area contributed by atoms with Crippen LogP contribution in [0.2, 0.25) is 0 Å². The van der Waals surface area contributed by atoms with Crippen LogP contribution < -0.4 is 10.5 Å². The summed E-state index contributed by atoms with van der Waals surface area (Å²) in [5.41, 5.74) is 12.5. The van der Waals surface area contributed by atoms with Crippen LogP contribution in [-0.2, 0) is 24.4 Å². The fourth-order valence-corrected chi connectivity index (χ4v) is 2.98. The van der Waals surface area contributed by atoms with E-state index in [0.717, 1.165) is 36.5 Å². The Labute approximate surface area is 118 Å². The van der Waals surface area contributed by atoms with Crippen LogP contribution in [-0.4, -0.2) is 6.61 Å². The fraction of sp³-hybridized carbons (Fsp3) is 0.294. The molecular formula is C17H17NO2. The van der Waals surface area contributed by atoms with Crippen LogP contribution in [0, 0.1) is 0 Å². The lowest BCUT2D eigenvalue weighted by Crippen LogP contribution is -2.12. The second kappa shape index (κ2) is 4.62. The summed E-state index contributed by atoms with van der Waals surface area (Å²) < 4.78 is 11.0. The number of benzene rings is 2. The van der Waals surface area contributed by atoms with Crippen molar-refractivity contribution in [3.8, 4) is 5.75 Å². The van der Waals surface area contributed by atoms with Crippen LogP contribution >= 0.6 is 0 Å². The predicted molar refractivity (Wildman–Crippen MR) is 76.6 cm³/mol. The number of hydrogen-bond acceptors (Lipinski definition) is 3. The van der Waals surface area contributed by atoms with E-state index in [1.165, 1.54) is 16.7 Å². The van der Waals surface area contributed by atoms with Crippen molar-refractivity contribution in [1.82, 2.24) is 0 Å². The third-order valence-electron chi connectivity index (χ3n) is 4.18. The smallest absolute Gasteiger partial charge is 0.122 e. The highest BCUT2D eigenvalue weighted by atomic mass is 16.5. The first-order valence-corrected chi connectivity index (χ1v) is 7.02. The van der Waals surface area contributed by atoms with E-state index in [4.69, 9.17) is 15.2 Å². The molecule has 2 aromatic carbocycles. The first-order chi connectivity index (χ1) is 9.81. The van der Waals surface area contributed by atoms with Gasteiger partial charge < -0.3 is 15.2 Å². The molecule has 2 aliphatic heterocycles. The van der Waals surface area contributed by atoms with Crippen molar-refractivity contribution in [3.63, 3.8) is 0 Å². The molecule has 0 fully saturated rings. The van der Waals surface area contributed by atoms with Crippen LogP contribution in [0.15, 0.2) is 36.4 Å². The van der Waals surface area contributed by atoms with E-state index in [-0.39, 0.29) is 6.04 Å². The van der Waals surface area contributed by atoms with E-state index in [2.05, 4.69) is 30.3 Å². The highest BCUT2D eigenvalue weighted by Crippen LogP contribution is 2.31. The maximum atomic E-state index is 6.42. The van der Waals surface area contributed by atoms with Gasteiger partial charge in [-0.3, -0.25) is 0 Å². The zero-order valence-corrected chi connectivity index (χ0v) is 11.3. The molecule has 20 heavy (non-hydrogen) atoms. The first kappa shape index (κ1) is 11.9. The summed E-state index contributed by atoms with van der Waals surface area (Å²) in [4.78, 5) is 0. The third-order valence-corrected chi connectivity index (χ3v) is 4.18. The molecule has 2 heterocycles. The molecule has 0 radical (unpaired) electrons. The van der Waals surface area contributed by atoms with E-state index in [1.54, 1.807) is 0 Å². The van der Waals surface area contributed by atoms with Crippen LogP contribution in [0.4, 0.5) is 0 Å². The standard InChI is InChI=1S/C17H17NO2/c18-17(12-1-2-14-9-19-10-15(14)8-12)13-3-4-16-11(7-13)5-6-20-16/h1-4,7-8,17H,5-6,9-10,18H2. The highest BCUT2D eigenvalue weighted by Gasteiger charge is 2.18. The van der Waals surface area contributed by atoms with Gasteiger partial charge in [0.1, 0.15) is 5.75 Å². The SMILES string of the molecule is NC(c1ccc2c(c1)COC2)c1ccc2c(c1)CCO2. The molecule has 0 aliphatic carbocycles. The van der Waals surface area contributed by atoms with Crippen molar-refractivity contribution in [3.05, 3.63) is 64.2 Å². The molecule has 3 heteroatoms. The molecule has 3 nitrogen and oxygen atoms in total. The molecule has 1 unspecified atom stereocenters. The highest BCUT2D eigenvalue weighted by molar-refractivity contribution is 5.44. The average Bonchev–Trinajstić information content (AvgIpc) is 3.13. The molecule has 102 valence electrons. The molecule has 0 saturated carbocycles. The first-order valence-electron chi connectivity index (χ1n) is 7.02. The van der Waals surface area contributed by atoms with E-state index in [0.29, 0.717) is 6.61 Å². The van der Waals surface area contributed by atoms with Crippen molar-refractivity contribution in [2.24, 2.45) is 5.73 Å². The predicted octanol–water partition coefficient (Wildman–Crippen LogP) is 2.70. The summed E-state index contributed by atoms with van der Waals surface area (Å²) in [5, 5.41) is 0. The third kappa shape index (κ3) is 1.90. The van der Waals surface area contributed by atoms with E-state index in [1.807, 2.05) is 6.07 Å². The molecule has 0 amide bonds. The van der Waals surface area contributed by atoms with Gasteiger partial charge in [-0.05, 0) is 33.9 Å². The van der Waals surface area contributed by atoms with Gasteiger partial charge in [0, 0.05) is 6.42 Å². The summed E-state index contributed by atoms with van der Waals surface area (Å²) in [6, 6.07) is 12.6. The Morgan fingerprint density at radius 1 is 0.900 bits per heavy atom. The molecule has 0 aromatic heterocycles. The lowest BCUT2D eigenvalue weighted by Gasteiger charge is -2.14. The summed E-state index contributed by atoms with van der Waals surface area (Å²) >= 11 is 0. The second-order valence-electron chi connectivity index (χ2n) is 5.46. The van der Waals surface area contributed by atoms with Gasteiger partial charge in [-0.2, -0.15) is 0 Å². The summed E-state index contributed by atoms with van der Waals surface area (Å²) in [5.74, 6) is 1.00. The Morgan fingerprint density at radius 2 is 1.65 bits per heavy atom. The van der Waals surface area contributed by atoms with Crippen molar-refractivity contribution < 1.29 is 9.47 Å². The van der Waals surface area contributed by atoms with Gasteiger partial charge in [0.25, 0.3) is 0 Å². The molecule has 0 bridgehead atoms. The molecular weight excluding hydrogens is 250 g/mol. The zero-order chi connectivity index (χ0) is 13.5. The normalized spacial score (nSPS) is 17.4. The van der Waals surface area contributed by atoms with Gasteiger partial charge in [0.2, 0.25) is 0 Å². The maximum Gasteiger partial charge on any atom is 0.122 e. The monoisotopic (exact) mass is 267 g/mol. The topological polar surface area (TPSA) is 44.5 Å². The molecule has 2 aromatic rings. The number of hydrogen-bond donors (Lipinski definition) is 1. The summed E-state index contributed by atoms with van der Waals surface area (Å²) in [6.45, 7) is 2.21. The van der Waals surface area contributed by atoms with E-state index < -0.39 is 0 Å². The minimum Gasteiger partial charge on any atom is -0.493 e. The van der Waals surface area contributed by atoms with Crippen molar-refractivity contribution in [2.75, 3.05) is 6.61 Å². The van der Waals surface area contributed by atoms with Gasteiger partial charge in [-0.1, -0.05) is 30.3 Å². The lowest BCUT2D eigenvalue weighted by atomic mass is 9.95. The minimum atomic E-state index is -0.0909. The Morgan fingerprint density at radius 3 is 2.55 bits per heavy atom. The number of rotatable bonds is 2. The molecule has 4 rings (SSSR count). The van der Waals surface area contributed by atoms with Crippen molar-refractivity contribution in [2.45, 2.75) is 25.7 Å². The molecule has 1 atom stereocenters. The Kier molecular flexibility index (Phi) is 2.76. The van der Waals surface area contributed by atoms with E-state index >= 15 is 0 Å². The fourth-order valence-electron chi connectivity index (χ4n) is 2.98. The quantitative estimate of drug-likeness (QED) is 0.910. The lowest BCUT2D eigenvalue weighted by molar-refractivity contribution is 0.134. The minimum absolute atomic E-state index is 0.0909. The number of nitrogens with two attached hydrogens (primary N) is 1. The van der Waals surface area contributed by atoms with Crippen LogP contribution in [0.5, 0.6) is 5.75 Å². The van der Waals surface area contributed by atoms with Gasteiger partial charge in [-0.15, -0.1) is 0 Å². The van der Waals surface area contributed by atoms with Gasteiger partial charge in [-0.25, -0.2) is 0 Å². The maximum absolute atomic E-state index is 6.42. The van der Waals surface area contributed by atoms with Gasteiger partial charge in [0.15, 0.2) is 0 Å². The average molecular weight is 267 g/mol. The molecule has 0 spiro atoms.